The molecule has 0 saturated carbocycles. The van der Waals surface area contributed by atoms with Gasteiger partial charge in [-0.3, -0.25) is 14.4 Å². The van der Waals surface area contributed by atoms with Crippen molar-refractivity contribution in [1.29, 1.82) is 0 Å². The first-order valence-electron chi connectivity index (χ1n) is 13.7. The highest BCUT2D eigenvalue weighted by Crippen LogP contribution is 2.27. The van der Waals surface area contributed by atoms with Crippen molar-refractivity contribution < 1.29 is 23.9 Å². The highest BCUT2D eigenvalue weighted by molar-refractivity contribution is 9.10. The van der Waals surface area contributed by atoms with Crippen molar-refractivity contribution in [1.82, 2.24) is 5.32 Å². The highest BCUT2D eigenvalue weighted by Gasteiger charge is 2.18. The number of amides is 3. The molecule has 0 radical (unpaired) electrons. The minimum atomic E-state index is -0.503. The van der Waals surface area contributed by atoms with Crippen LogP contribution in [0.4, 0.5) is 11.4 Å². The van der Waals surface area contributed by atoms with Gasteiger partial charge in [0.1, 0.15) is 5.70 Å². The second-order valence-electron chi connectivity index (χ2n) is 9.46. The van der Waals surface area contributed by atoms with Crippen molar-refractivity contribution in [2.24, 2.45) is 0 Å². The van der Waals surface area contributed by atoms with E-state index in [1.165, 1.54) is 11.8 Å². The van der Waals surface area contributed by atoms with Crippen molar-refractivity contribution in [3.8, 4) is 0 Å². The Labute approximate surface area is 268 Å². The van der Waals surface area contributed by atoms with Crippen molar-refractivity contribution in [3.05, 3.63) is 130 Å². The van der Waals surface area contributed by atoms with Crippen LogP contribution in [-0.2, 0) is 14.3 Å². The number of esters is 1. The van der Waals surface area contributed by atoms with E-state index >= 15 is 0 Å². The molecular weight excluding hydrogens is 642 g/mol. The summed E-state index contributed by atoms with van der Waals surface area (Å²) >= 11 is 4.73. The molecule has 4 aromatic carbocycles. The molecule has 0 aliphatic heterocycles. The van der Waals surface area contributed by atoms with Crippen LogP contribution in [0.5, 0.6) is 0 Å². The zero-order valence-electron chi connectivity index (χ0n) is 24.0. The molecule has 0 fully saturated rings. The molecule has 1 unspecified atom stereocenters. The molecule has 0 aromatic heterocycles. The van der Waals surface area contributed by atoms with Crippen molar-refractivity contribution in [3.63, 3.8) is 0 Å². The average Bonchev–Trinajstić information content (AvgIpc) is 3.02. The van der Waals surface area contributed by atoms with Crippen molar-refractivity contribution in [2.45, 2.75) is 24.0 Å². The van der Waals surface area contributed by atoms with Gasteiger partial charge in [0.15, 0.2) is 0 Å². The van der Waals surface area contributed by atoms with Crippen LogP contribution in [0, 0.1) is 0 Å². The van der Waals surface area contributed by atoms with E-state index in [9.17, 15) is 19.2 Å². The summed E-state index contributed by atoms with van der Waals surface area (Å²) in [4.78, 5) is 51.8. The van der Waals surface area contributed by atoms with Crippen LogP contribution >= 0.6 is 27.7 Å². The van der Waals surface area contributed by atoms with E-state index in [-0.39, 0.29) is 18.2 Å². The number of hydrogen-bond donors (Lipinski definition) is 3. The van der Waals surface area contributed by atoms with Gasteiger partial charge in [-0.05, 0) is 92.2 Å². The predicted molar refractivity (Wildman–Crippen MR) is 177 cm³/mol. The number of thioether (sulfide) groups is 1. The lowest BCUT2D eigenvalue weighted by atomic mass is 10.1. The summed E-state index contributed by atoms with van der Waals surface area (Å²) in [6.07, 6.45) is 1.60. The van der Waals surface area contributed by atoms with Crippen LogP contribution in [0.2, 0.25) is 0 Å². The van der Waals surface area contributed by atoms with Crippen LogP contribution in [0.1, 0.15) is 40.1 Å². The van der Waals surface area contributed by atoms with E-state index in [4.69, 9.17) is 4.74 Å². The van der Waals surface area contributed by atoms with Gasteiger partial charge in [0.05, 0.1) is 17.4 Å². The van der Waals surface area contributed by atoms with Crippen LogP contribution in [0.15, 0.2) is 118 Å². The maximum atomic E-state index is 13.4. The summed E-state index contributed by atoms with van der Waals surface area (Å²) in [5.41, 5.74) is 2.67. The standard InChI is InChI=1S/C34H30BrN3O5S/c1-3-43-34(42)25-14-18-27(19-15-25)36-31(39)22(2)44-29-11-7-10-28(21-29)37-33(41)30(20-23-12-16-26(35)17-13-23)38-32(40)24-8-5-4-6-9-24/h4-22H,3H2,1-2H3,(H,36,39)(H,37,41)(H,38,40)/b30-20-. The predicted octanol–water partition coefficient (Wildman–Crippen LogP) is 7.15. The molecule has 4 rings (SSSR count). The molecule has 0 bridgehead atoms. The third kappa shape index (κ3) is 9.42. The van der Waals surface area contributed by atoms with Gasteiger partial charge < -0.3 is 20.7 Å². The Balaban J connectivity index is 1.43. The summed E-state index contributed by atoms with van der Waals surface area (Å²) < 4.78 is 5.87. The zero-order valence-corrected chi connectivity index (χ0v) is 26.4. The van der Waals surface area contributed by atoms with Crippen LogP contribution < -0.4 is 16.0 Å². The summed E-state index contributed by atoms with van der Waals surface area (Å²) in [5, 5.41) is 7.96. The first-order valence-corrected chi connectivity index (χ1v) is 15.4. The highest BCUT2D eigenvalue weighted by atomic mass is 79.9. The second-order valence-corrected chi connectivity index (χ2v) is 11.8. The summed E-state index contributed by atoms with van der Waals surface area (Å²) in [6.45, 7) is 3.80. The number of carbonyl (C=O) groups is 4. The summed E-state index contributed by atoms with van der Waals surface area (Å²) in [5.74, 6) is -1.56. The zero-order chi connectivity index (χ0) is 31.5. The van der Waals surface area contributed by atoms with Crippen LogP contribution in [-0.4, -0.2) is 35.5 Å². The Kier molecular flexibility index (Phi) is 11.5. The normalized spacial score (nSPS) is 11.7. The van der Waals surface area contributed by atoms with Crippen molar-refractivity contribution >= 4 is 68.8 Å². The molecule has 0 heterocycles. The number of anilines is 2. The number of nitrogens with one attached hydrogen (secondary N) is 3. The molecule has 8 nitrogen and oxygen atoms in total. The Hall–Kier alpha value is -4.67. The fourth-order valence-corrected chi connectivity index (χ4v) is 5.11. The van der Waals surface area contributed by atoms with E-state index in [0.29, 0.717) is 22.5 Å². The Morgan fingerprint density at radius 3 is 2.20 bits per heavy atom. The number of carbonyl (C=O) groups excluding carboxylic acids is 4. The lowest BCUT2D eigenvalue weighted by Gasteiger charge is -2.14. The fourth-order valence-electron chi connectivity index (χ4n) is 3.92. The quantitative estimate of drug-likeness (QED) is 0.0886. The molecule has 44 heavy (non-hydrogen) atoms. The molecule has 4 aromatic rings. The van der Waals surface area contributed by atoms with Crippen LogP contribution in [0.3, 0.4) is 0 Å². The molecule has 0 saturated heterocycles. The number of halogens is 1. The monoisotopic (exact) mass is 671 g/mol. The molecule has 0 aliphatic carbocycles. The Bertz CT molecular complexity index is 1660. The fraction of sp³-hybridized carbons (Fsp3) is 0.118. The first kappa shape index (κ1) is 32.2. The summed E-state index contributed by atoms with van der Waals surface area (Å²) in [7, 11) is 0. The number of ether oxygens (including phenoxy) is 1. The van der Waals surface area contributed by atoms with Gasteiger partial charge in [-0.2, -0.15) is 0 Å². The van der Waals surface area contributed by atoms with Gasteiger partial charge in [-0.15, -0.1) is 11.8 Å². The minimum Gasteiger partial charge on any atom is -0.462 e. The molecular formula is C34H30BrN3O5S. The van der Waals surface area contributed by atoms with Crippen LogP contribution in [0.25, 0.3) is 6.08 Å². The number of rotatable bonds is 11. The van der Waals surface area contributed by atoms with Gasteiger partial charge in [0.25, 0.3) is 11.8 Å². The lowest BCUT2D eigenvalue weighted by molar-refractivity contribution is -0.115. The second kappa shape index (κ2) is 15.7. The third-order valence-electron chi connectivity index (χ3n) is 6.15. The Morgan fingerprint density at radius 1 is 0.818 bits per heavy atom. The molecule has 3 N–H and O–H groups in total. The molecule has 224 valence electrons. The van der Waals surface area contributed by atoms with E-state index < -0.39 is 23.0 Å². The lowest BCUT2D eigenvalue weighted by Crippen LogP contribution is -2.30. The van der Waals surface area contributed by atoms with E-state index in [2.05, 4.69) is 31.9 Å². The van der Waals surface area contributed by atoms with Gasteiger partial charge >= 0.3 is 5.97 Å². The first-order chi connectivity index (χ1) is 21.2. The van der Waals surface area contributed by atoms with Gasteiger partial charge in [0, 0.05) is 26.3 Å². The van der Waals surface area contributed by atoms with E-state index in [1.54, 1.807) is 86.7 Å². The third-order valence-corrected chi connectivity index (χ3v) is 7.77. The van der Waals surface area contributed by atoms with Gasteiger partial charge in [-0.1, -0.05) is 52.3 Å². The Morgan fingerprint density at radius 2 is 1.52 bits per heavy atom. The van der Waals surface area contributed by atoms with Crippen molar-refractivity contribution in [2.75, 3.05) is 17.2 Å². The molecule has 0 spiro atoms. The number of hydrogen-bond acceptors (Lipinski definition) is 6. The molecule has 10 heteroatoms. The maximum Gasteiger partial charge on any atom is 0.338 e. The molecule has 0 aliphatic rings. The van der Waals surface area contributed by atoms with Gasteiger partial charge in [0.2, 0.25) is 5.91 Å². The number of benzene rings is 4. The largest absolute Gasteiger partial charge is 0.462 e. The molecule has 1 atom stereocenters. The minimum absolute atomic E-state index is 0.0703. The van der Waals surface area contributed by atoms with E-state index in [0.717, 1.165) is 14.9 Å². The van der Waals surface area contributed by atoms with E-state index in [1.807, 2.05) is 36.4 Å². The SMILES string of the molecule is CCOC(=O)c1ccc(NC(=O)C(C)Sc2cccc(NC(=O)/C(=C/c3ccc(Br)cc3)NC(=O)c3ccccc3)c2)cc1. The smallest absolute Gasteiger partial charge is 0.338 e. The topological polar surface area (TPSA) is 114 Å². The summed E-state index contributed by atoms with van der Waals surface area (Å²) in [6, 6.07) is 29.6. The average molecular weight is 673 g/mol. The maximum absolute atomic E-state index is 13.4. The molecule has 3 amide bonds. The van der Waals surface area contributed by atoms with Gasteiger partial charge in [-0.25, -0.2) is 4.79 Å².